The van der Waals surface area contributed by atoms with Crippen molar-refractivity contribution in [1.29, 1.82) is 0 Å². The van der Waals surface area contributed by atoms with E-state index >= 15 is 0 Å². The van der Waals surface area contributed by atoms with E-state index in [1.54, 1.807) is 16.7 Å². The van der Waals surface area contributed by atoms with Crippen molar-refractivity contribution in [2.75, 3.05) is 18.8 Å². The molecular formula is C15H19NO3S. The minimum Gasteiger partial charge on any atom is -0.481 e. The standard InChI is InChI=1S/C15H19NO3S/c17-14(11-20-10-12-4-2-1-3-5-12)16-7-6-13(9-16)8-15(18)19/h1-5,13H,6-11H2,(H,18,19). The van der Waals surface area contributed by atoms with Crippen LogP contribution in [-0.4, -0.2) is 40.7 Å². The van der Waals surface area contributed by atoms with Crippen molar-refractivity contribution in [2.24, 2.45) is 5.92 Å². The van der Waals surface area contributed by atoms with Crippen LogP contribution in [0.1, 0.15) is 18.4 Å². The highest BCUT2D eigenvalue weighted by molar-refractivity contribution is 7.99. The van der Waals surface area contributed by atoms with Crippen LogP contribution in [0.15, 0.2) is 30.3 Å². The first-order valence-electron chi connectivity index (χ1n) is 6.76. The molecule has 1 aliphatic heterocycles. The van der Waals surface area contributed by atoms with Crippen molar-refractivity contribution >= 4 is 23.6 Å². The number of carbonyl (C=O) groups excluding carboxylic acids is 1. The lowest BCUT2D eigenvalue weighted by atomic mass is 10.1. The highest BCUT2D eigenvalue weighted by Crippen LogP contribution is 2.21. The summed E-state index contributed by atoms with van der Waals surface area (Å²) in [5.74, 6) is 0.769. The summed E-state index contributed by atoms with van der Waals surface area (Å²) < 4.78 is 0. The molecule has 1 amide bonds. The Morgan fingerprint density at radius 3 is 2.75 bits per heavy atom. The lowest BCUT2D eigenvalue weighted by Crippen LogP contribution is -2.30. The van der Waals surface area contributed by atoms with Gasteiger partial charge in [-0.25, -0.2) is 0 Å². The number of hydrogen-bond donors (Lipinski definition) is 1. The molecule has 5 heteroatoms. The molecule has 2 rings (SSSR count). The predicted octanol–water partition coefficient (Wildman–Crippen LogP) is 2.24. The number of hydrogen-bond acceptors (Lipinski definition) is 3. The molecule has 0 bridgehead atoms. The second-order valence-corrected chi connectivity index (χ2v) is 6.06. The van der Waals surface area contributed by atoms with Crippen LogP contribution in [0.4, 0.5) is 0 Å². The number of carboxylic acids is 1. The first-order chi connectivity index (χ1) is 9.65. The molecule has 4 nitrogen and oxygen atoms in total. The van der Waals surface area contributed by atoms with E-state index in [9.17, 15) is 9.59 Å². The van der Waals surface area contributed by atoms with Crippen LogP contribution in [0.2, 0.25) is 0 Å². The molecular weight excluding hydrogens is 274 g/mol. The number of thioether (sulfide) groups is 1. The molecule has 1 aliphatic rings. The van der Waals surface area contributed by atoms with Crippen molar-refractivity contribution in [3.63, 3.8) is 0 Å². The Morgan fingerprint density at radius 1 is 1.30 bits per heavy atom. The highest BCUT2D eigenvalue weighted by Gasteiger charge is 2.27. The molecule has 0 radical (unpaired) electrons. The van der Waals surface area contributed by atoms with Gasteiger partial charge in [0, 0.05) is 25.3 Å². The molecule has 1 N–H and O–H groups in total. The fourth-order valence-corrected chi connectivity index (χ4v) is 3.28. The molecule has 0 spiro atoms. The third kappa shape index (κ3) is 4.56. The minimum absolute atomic E-state index is 0.121. The smallest absolute Gasteiger partial charge is 0.303 e. The van der Waals surface area contributed by atoms with Crippen LogP contribution in [0.3, 0.4) is 0 Å². The summed E-state index contributed by atoms with van der Waals surface area (Å²) in [6.45, 7) is 1.29. The molecule has 1 aromatic carbocycles. The van der Waals surface area contributed by atoms with Crippen LogP contribution < -0.4 is 0 Å². The number of benzene rings is 1. The number of aliphatic carboxylic acids is 1. The maximum Gasteiger partial charge on any atom is 0.303 e. The third-order valence-electron chi connectivity index (χ3n) is 3.44. The van der Waals surface area contributed by atoms with E-state index in [0.29, 0.717) is 18.8 Å². The SMILES string of the molecule is O=C(O)CC1CCN(C(=O)CSCc2ccccc2)C1. The van der Waals surface area contributed by atoms with Crippen molar-refractivity contribution in [3.05, 3.63) is 35.9 Å². The number of carboxylic acid groups (broad SMARTS) is 1. The average molecular weight is 293 g/mol. The van der Waals surface area contributed by atoms with Gasteiger partial charge in [0.1, 0.15) is 0 Å². The first-order valence-corrected chi connectivity index (χ1v) is 7.92. The molecule has 1 heterocycles. The second kappa shape index (κ2) is 7.33. The van der Waals surface area contributed by atoms with Crippen molar-refractivity contribution in [3.8, 4) is 0 Å². The summed E-state index contributed by atoms with van der Waals surface area (Å²) in [7, 11) is 0. The van der Waals surface area contributed by atoms with Gasteiger partial charge in [0.2, 0.25) is 5.91 Å². The van der Waals surface area contributed by atoms with Crippen molar-refractivity contribution in [1.82, 2.24) is 4.90 Å². The number of carbonyl (C=O) groups is 2. The van der Waals surface area contributed by atoms with Crippen LogP contribution in [0.5, 0.6) is 0 Å². The number of nitrogens with zero attached hydrogens (tertiary/aromatic N) is 1. The van der Waals surface area contributed by atoms with Gasteiger partial charge in [0.15, 0.2) is 0 Å². The monoisotopic (exact) mass is 293 g/mol. The molecule has 20 heavy (non-hydrogen) atoms. The first kappa shape index (κ1) is 14.9. The maximum absolute atomic E-state index is 12.0. The van der Waals surface area contributed by atoms with Gasteiger partial charge < -0.3 is 10.0 Å². The van der Waals surface area contributed by atoms with Gasteiger partial charge in [-0.3, -0.25) is 9.59 Å². The minimum atomic E-state index is -0.775. The molecule has 0 aromatic heterocycles. The van der Waals surface area contributed by atoms with Gasteiger partial charge in [0.25, 0.3) is 0 Å². The van der Waals surface area contributed by atoms with E-state index in [1.807, 2.05) is 18.2 Å². The number of rotatable bonds is 6. The van der Waals surface area contributed by atoms with Crippen molar-refractivity contribution in [2.45, 2.75) is 18.6 Å². The Morgan fingerprint density at radius 2 is 2.05 bits per heavy atom. The Kier molecular flexibility index (Phi) is 5.47. The second-order valence-electron chi connectivity index (χ2n) is 5.07. The van der Waals surface area contributed by atoms with Gasteiger partial charge >= 0.3 is 5.97 Å². The summed E-state index contributed by atoms with van der Waals surface area (Å²) in [5.41, 5.74) is 1.22. The average Bonchev–Trinajstić information content (AvgIpc) is 2.87. The molecule has 1 atom stereocenters. The van der Waals surface area contributed by atoms with Crippen molar-refractivity contribution < 1.29 is 14.7 Å². The molecule has 1 unspecified atom stereocenters. The van der Waals surface area contributed by atoms with Gasteiger partial charge in [0.05, 0.1) is 5.75 Å². The fourth-order valence-electron chi connectivity index (χ4n) is 2.39. The number of likely N-dealkylation sites (tertiary alicyclic amines) is 1. The topological polar surface area (TPSA) is 57.6 Å². The van der Waals surface area contributed by atoms with E-state index in [1.165, 1.54) is 5.56 Å². The van der Waals surface area contributed by atoms with Gasteiger partial charge in [-0.05, 0) is 17.9 Å². The summed E-state index contributed by atoms with van der Waals surface area (Å²) in [5, 5.41) is 8.76. The largest absolute Gasteiger partial charge is 0.481 e. The summed E-state index contributed by atoms with van der Waals surface area (Å²) in [4.78, 5) is 24.5. The van der Waals surface area contributed by atoms with Crippen LogP contribution >= 0.6 is 11.8 Å². The Bertz CT molecular complexity index is 463. The molecule has 0 saturated carbocycles. The molecule has 108 valence electrons. The normalized spacial score (nSPS) is 18.2. The van der Waals surface area contributed by atoms with Crippen LogP contribution in [-0.2, 0) is 15.3 Å². The fraction of sp³-hybridized carbons (Fsp3) is 0.467. The Labute approximate surface area is 123 Å². The zero-order valence-electron chi connectivity index (χ0n) is 11.3. The third-order valence-corrected chi connectivity index (χ3v) is 4.43. The van der Waals surface area contributed by atoms with E-state index in [0.717, 1.165) is 12.2 Å². The zero-order chi connectivity index (χ0) is 14.4. The van der Waals surface area contributed by atoms with E-state index in [2.05, 4.69) is 12.1 Å². The molecule has 0 aliphatic carbocycles. The lowest BCUT2D eigenvalue weighted by Gasteiger charge is -2.15. The van der Waals surface area contributed by atoms with Gasteiger partial charge in [-0.1, -0.05) is 30.3 Å². The van der Waals surface area contributed by atoms with Gasteiger partial charge in [-0.15, -0.1) is 11.8 Å². The Balaban J connectivity index is 1.69. The predicted molar refractivity (Wildman–Crippen MR) is 79.5 cm³/mol. The molecule has 1 saturated heterocycles. The van der Waals surface area contributed by atoms with Gasteiger partial charge in [-0.2, -0.15) is 0 Å². The lowest BCUT2D eigenvalue weighted by molar-refractivity contribution is -0.138. The summed E-state index contributed by atoms with van der Waals surface area (Å²) >= 11 is 1.61. The summed E-state index contributed by atoms with van der Waals surface area (Å²) in [6.07, 6.45) is 0.975. The van der Waals surface area contributed by atoms with Crippen LogP contribution in [0.25, 0.3) is 0 Å². The van der Waals surface area contributed by atoms with E-state index < -0.39 is 5.97 Å². The quantitative estimate of drug-likeness (QED) is 0.874. The highest BCUT2D eigenvalue weighted by atomic mass is 32.2. The van der Waals surface area contributed by atoms with E-state index in [4.69, 9.17) is 5.11 Å². The maximum atomic E-state index is 12.0. The number of amides is 1. The van der Waals surface area contributed by atoms with Crippen LogP contribution in [0, 0.1) is 5.92 Å². The Hall–Kier alpha value is -1.49. The zero-order valence-corrected chi connectivity index (χ0v) is 12.1. The molecule has 1 fully saturated rings. The summed E-state index contributed by atoms with van der Waals surface area (Å²) in [6, 6.07) is 10.1. The molecule has 1 aromatic rings. The van der Waals surface area contributed by atoms with E-state index in [-0.39, 0.29) is 18.2 Å².